The van der Waals surface area contributed by atoms with Crippen LogP contribution in [0.15, 0.2) is 18.2 Å². The molecule has 0 heterocycles. The predicted molar refractivity (Wildman–Crippen MR) is 61.2 cm³/mol. The summed E-state index contributed by atoms with van der Waals surface area (Å²) in [5.41, 5.74) is 1.33. The second-order valence-corrected chi connectivity index (χ2v) is 4.27. The fourth-order valence-corrected chi connectivity index (χ4v) is 1.43. The number of carbonyl (C=O) groups excluding carboxylic acids is 1. The maximum atomic E-state index is 12.0. The molecule has 0 aliphatic carbocycles. The molecule has 1 atom stereocenters. The Hall–Kier alpha value is -1.15. The SMILES string of the molecule is CCC(C)(O)C(=O)c1cc(C)ccc1C. The monoisotopic (exact) mass is 206 g/mol. The van der Waals surface area contributed by atoms with Gasteiger partial charge in [0.05, 0.1) is 0 Å². The number of aryl methyl sites for hydroxylation is 2. The van der Waals surface area contributed by atoms with E-state index in [2.05, 4.69) is 0 Å². The quantitative estimate of drug-likeness (QED) is 0.772. The molecule has 1 aromatic rings. The van der Waals surface area contributed by atoms with Gasteiger partial charge in [-0.25, -0.2) is 0 Å². The number of Topliss-reactive ketones (excluding diaryl/α,β-unsaturated/α-hetero) is 1. The van der Waals surface area contributed by atoms with Crippen molar-refractivity contribution in [1.82, 2.24) is 0 Å². The number of carbonyl (C=O) groups is 1. The van der Waals surface area contributed by atoms with Gasteiger partial charge in [0, 0.05) is 5.56 Å². The summed E-state index contributed by atoms with van der Waals surface area (Å²) in [5, 5.41) is 9.91. The minimum atomic E-state index is -1.25. The van der Waals surface area contributed by atoms with Gasteiger partial charge in [-0.05, 0) is 38.8 Å². The molecule has 0 radical (unpaired) electrons. The van der Waals surface area contributed by atoms with Gasteiger partial charge in [0.25, 0.3) is 0 Å². The van der Waals surface area contributed by atoms with Crippen LogP contribution in [0, 0.1) is 13.8 Å². The summed E-state index contributed by atoms with van der Waals surface area (Å²) in [6.45, 7) is 7.20. The van der Waals surface area contributed by atoms with Crippen molar-refractivity contribution in [3.05, 3.63) is 34.9 Å². The summed E-state index contributed by atoms with van der Waals surface area (Å²) in [4.78, 5) is 12.0. The zero-order chi connectivity index (χ0) is 11.6. The van der Waals surface area contributed by atoms with Crippen LogP contribution >= 0.6 is 0 Å². The first-order chi connectivity index (χ1) is 6.88. The highest BCUT2D eigenvalue weighted by atomic mass is 16.3. The lowest BCUT2D eigenvalue weighted by molar-refractivity contribution is 0.0390. The number of hydrogen-bond donors (Lipinski definition) is 1. The van der Waals surface area contributed by atoms with E-state index < -0.39 is 5.60 Å². The van der Waals surface area contributed by atoms with Crippen molar-refractivity contribution in [2.24, 2.45) is 0 Å². The van der Waals surface area contributed by atoms with Crippen LogP contribution < -0.4 is 0 Å². The van der Waals surface area contributed by atoms with Gasteiger partial charge in [0.1, 0.15) is 5.60 Å². The summed E-state index contributed by atoms with van der Waals surface area (Å²) < 4.78 is 0. The zero-order valence-corrected chi connectivity index (χ0v) is 9.79. The first-order valence-electron chi connectivity index (χ1n) is 5.23. The maximum absolute atomic E-state index is 12.0. The molecule has 15 heavy (non-hydrogen) atoms. The molecule has 0 aliphatic rings. The number of hydrogen-bond acceptors (Lipinski definition) is 2. The zero-order valence-electron chi connectivity index (χ0n) is 9.79. The van der Waals surface area contributed by atoms with Gasteiger partial charge in [-0.15, -0.1) is 0 Å². The fraction of sp³-hybridized carbons (Fsp3) is 0.462. The van der Waals surface area contributed by atoms with Crippen LogP contribution in [0.4, 0.5) is 0 Å². The Morgan fingerprint density at radius 3 is 2.53 bits per heavy atom. The topological polar surface area (TPSA) is 37.3 Å². The Morgan fingerprint density at radius 1 is 1.40 bits per heavy atom. The van der Waals surface area contributed by atoms with Gasteiger partial charge in [0.2, 0.25) is 0 Å². The third kappa shape index (κ3) is 2.45. The maximum Gasteiger partial charge on any atom is 0.194 e. The lowest BCUT2D eigenvalue weighted by Crippen LogP contribution is -2.34. The van der Waals surface area contributed by atoms with Gasteiger partial charge in [-0.2, -0.15) is 0 Å². The van der Waals surface area contributed by atoms with E-state index in [4.69, 9.17) is 0 Å². The third-order valence-electron chi connectivity index (χ3n) is 2.82. The molecule has 1 aromatic carbocycles. The molecule has 0 bridgehead atoms. The van der Waals surface area contributed by atoms with Gasteiger partial charge < -0.3 is 5.11 Å². The van der Waals surface area contributed by atoms with Crippen molar-refractivity contribution in [2.45, 2.75) is 39.7 Å². The summed E-state index contributed by atoms with van der Waals surface area (Å²) in [6.07, 6.45) is 0.430. The van der Waals surface area contributed by atoms with E-state index in [1.807, 2.05) is 39.0 Å². The van der Waals surface area contributed by atoms with Crippen LogP contribution in [-0.4, -0.2) is 16.5 Å². The molecule has 2 nitrogen and oxygen atoms in total. The number of aliphatic hydroxyl groups is 1. The summed E-state index contributed by atoms with van der Waals surface area (Å²) in [7, 11) is 0. The third-order valence-corrected chi connectivity index (χ3v) is 2.82. The van der Waals surface area contributed by atoms with Crippen LogP contribution in [0.25, 0.3) is 0 Å². The fourth-order valence-electron chi connectivity index (χ4n) is 1.43. The number of ketones is 1. The number of benzene rings is 1. The van der Waals surface area contributed by atoms with E-state index in [0.29, 0.717) is 12.0 Å². The normalized spacial score (nSPS) is 14.7. The Morgan fingerprint density at radius 2 is 2.00 bits per heavy atom. The van der Waals surface area contributed by atoms with Crippen LogP contribution in [0.2, 0.25) is 0 Å². The molecule has 0 fully saturated rings. The van der Waals surface area contributed by atoms with Crippen molar-refractivity contribution in [1.29, 1.82) is 0 Å². The first-order valence-corrected chi connectivity index (χ1v) is 5.23. The molecule has 0 saturated carbocycles. The summed E-state index contributed by atoms with van der Waals surface area (Å²) >= 11 is 0. The molecule has 1 N–H and O–H groups in total. The largest absolute Gasteiger partial charge is 0.382 e. The summed E-state index contributed by atoms with van der Waals surface area (Å²) in [6, 6.07) is 5.71. The van der Waals surface area contributed by atoms with E-state index >= 15 is 0 Å². The van der Waals surface area contributed by atoms with Crippen LogP contribution in [0.3, 0.4) is 0 Å². The first kappa shape index (κ1) is 11.9. The highest BCUT2D eigenvalue weighted by Crippen LogP contribution is 2.20. The standard InChI is InChI=1S/C13H18O2/c1-5-13(4,15)12(14)11-8-9(2)6-7-10(11)3/h6-8,15H,5H2,1-4H3. The van der Waals surface area contributed by atoms with Crippen molar-refractivity contribution >= 4 is 5.78 Å². The average molecular weight is 206 g/mol. The Kier molecular flexibility index (Phi) is 3.30. The van der Waals surface area contributed by atoms with Gasteiger partial charge in [-0.3, -0.25) is 4.79 Å². The van der Waals surface area contributed by atoms with Crippen LogP contribution in [0.1, 0.15) is 41.8 Å². The van der Waals surface area contributed by atoms with Crippen molar-refractivity contribution in [3.8, 4) is 0 Å². The molecule has 0 saturated heterocycles. The van der Waals surface area contributed by atoms with Gasteiger partial charge in [-0.1, -0.05) is 24.6 Å². The summed E-state index contributed by atoms with van der Waals surface area (Å²) in [5.74, 6) is -0.189. The second-order valence-electron chi connectivity index (χ2n) is 4.27. The van der Waals surface area contributed by atoms with Crippen molar-refractivity contribution < 1.29 is 9.90 Å². The van der Waals surface area contributed by atoms with Crippen molar-refractivity contribution in [2.75, 3.05) is 0 Å². The molecule has 82 valence electrons. The molecule has 0 amide bonds. The lowest BCUT2D eigenvalue weighted by Gasteiger charge is -2.20. The van der Waals surface area contributed by atoms with Gasteiger partial charge in [0.15, 0.2) is 5.78 Å². The lowest BCUT2D eigenvalue weighted by atomic mass is 9.89. The molecule has 0 aliphatic heterocycles. The molecule has 1 unspecified atom stereocenters. The van der Waals surface area contributed by atoms with E-state index in [9.17, 15) is 9.90 Å². The van der Waals surface area contributed by atoms with E-state index in [-0.39, 0.29) is 5.78 Å². The molecular weight excluding hydrogens is 188 g/mol. The van der Waals surface area contributed by atoms with E-state index in [1.165, 1.54) is 0 Å². The smallest absolute Gasteiger partial charge is 0.194 e. The highest BCUT2D eigenvalue weighted by molar-refractivity contribution is 6.03. The highest BCUT2D eigenvalue weighted by Gasteiger charge is 2.29. The molecule has 2 heteroatoms. The van der Waals surface area contributed by atoms with Crippen molar-refractivity contribution in [3.63, 3.8) is 0 Å². The van der Waals surface area contributed by atoms with Gasteiger partial charge >= 0.3 is 0 Å². The Balaban J connectivity index is 3.17. The predicted octanol–water partition coefficient (Wildman–Crippen LogP) is 2.65. The molecule has 0 spiro atoms. The molecule has 1 rings (SSSR count). The number of rotatable bonds is 3. The van der Waals surface area contributed by atoms with E-state index in [0.717, 1.165) is 11.1 Å². The van der Waals surface area contributed by atoms with Crippen LogP contribution in [-0.2, 0) is 0 Å². The minimum Gasteiger partial charge on any atom is -0.382 e. The van der Waals surface area contributed by atoms with E-state index in [1.54, 1.807) is 6.92 Å². The Bertz CT molecular complexity index is 378. The minimum absolute atomic E-state index is 0.189. The average Bonchev–Trinajstić information content (AvgIpc) is 2.20. The molecule has 0 aromatic heterocycles. The van der Waals surface area contributed by atoms with Crippen LogP contribution in [0.5, 0.6) is 0 Å². The molecular formula is C13H18O2. The second kappa shape index (κ2) is 4.15. The Labute approximate surface area is 90.9 Å².